The Morgan fingerprint density at radius 3 is 2.77 bits per heavy atom. The van der Waals surface area contributed by atoms with E-state index in [4.69, 9.17) is 18.0 Å². The van der Waals surface area contributed by atoms with Crippen molar-refractivity contribution in [3.8, 4) is 0 Å². The number of hydrogen-bond donors (Lipinski definition) is 2. The molecule has 0 aliphatic heterocycles. The molecule has 0 bridgehead atoms. The van der Waals surface area contributed by atoms with Crippen LogP contribution in [-0.4, -0.2) is 14.8 Å². The summed E-state index contributed by atoms with van der Waals surface area (Å²) in [6, 6.07) is 0. The van der Waals surface area contributed by atoms with Gasteiger partial charge in [-0.2, -0.15) is 0 Å². The maximum absolute atomic E-state index is 5.61. The molecule has 0 aliphatic rings. The standard InChI is InChI=1S/C8H16N4S/c1-2-3-4-5-6-12-7(9)10-11-8(12)13/h2-6H2,1H3,(H2,9,10)(H,11,13). The number of nitrogens with zero attached hydrogens (tertiary/aromatic N) is 2. The van der Waals surface area contributed by atoms with Crippen LogP contribution in [0.1, 0.15) is 32.6 Å². The van der Waals surface area contributed by atoms with Gasteiger partial charge >= 0.3 is 0 Å². The molecule has 5 heteroatoms. The molecule has 1 rings (SSSR count). The molecule has 0 atom stereocenters. The summed E-state index contributed by atoms with van der Waals surface area (Å²) < 4.78 is 2.46. The SMILES string of the molecule is CCCCCCn1c(N)n[nH]c1=S. The lowest BCUT2D eigenvalue weighted by Gasteiger charge is -2.02. The summed E-state index contributed by atoms with van der Waals surface area (Å²) in [6.45, 7) is 3.07. The highest BCUT2D eigenvalue weighted by Crippen LogP contribution is 2.05. The lowest BCUT2D eigenvalue weighted by molar-refractivity contribution is 0.582. The molecule has 0 radical (unpaired) electrons. The maximum Gasteiger partial charge on any atom is 0.220 e. The van der Waals surface area contributed by atoms with E-state index >= 15 is 0 Å². The van der Waals surface area contributed by atoms with Gasteiger partial charge in [-0.15, -0.1) is 5.10 Å². The van der Waals surface area contributed by atoms with Crippen molar-refractivity contribution < 1.29 is 0 Å². The molecular formula is C8H16N4S. The molecule has 13 heavy (non-hydrogen) atoms. The van der Waals surface area contributed by atoms with Crippen molar-refractivity contribution in [2.45, 2.75) is 39.2 Å². The first-order chi connectivity index (χ1) is 6.25. The molecular weight excluding hydrogens is 184 g/mol. The van der Waals surface area contributed by atoms with Gasteiger partial charge in [0.25, 0.3) is 0 Å². The van der Waals surface area contributed by atoms with Crippen molar-refractivity contribution in [2.75, 3.05) is 5.73 Å². The molecule has 4 nitrogen and oxygen atoms in total. The van der Waals surface area contributed by atoms with Gasteiger partial charge in [0.1, 0.15) is 0 Å². The summed E-state index contributed by atoms with van der Waals surface area (Å²) in [7, 11) is 0. The smallest absolute Gasteiger partial charge is 0.220 e. The van der Waals surface area contributed by atoms with Crippen molar-refractivity contribution in [3.05, 3.63) is 4.77 Å². The normalized spacial score (nSPS) is 10.5. The third-order valence-corrected chi connectivity index (χ3v) is 2.33. The molecule has 0 saturated carbocycles. The van der Waals surface area contributed by atoms with Gasteiger partial charge in [0.2, 0.25) is 5.95 Å². The van der Waals surface area contributed by atoms with E-state index in [0.717, 1.165) is 13.0 Å². The zero-order chi connectivity index (χ0) is 9.68. The number of hydrogen-bond acceptors (Lipinski definition) is 3. The van der Waals surface area contributed by atoms with E-state index in [9.17, 15) is 0 Å². The molecule has 1 aromatic heterocycles. The Hall–Kier alpha value is -0.840. The summed E-state index contributed by atoms with van der Waals surface area (Å²) in [4.78, 5) is 0. The zero-order valence-electron chi connectivity index (χ0n) is 7.92. The summed E-state index contributed by atoms with van der Waals surface area (Å²) >= 11 is 5.02. The van der Waals surface area contributed by atoms with E-state index in [2.05, 4.69) is 17.1 Å². The summed E-state index contributed by atoms with van der Waals surface area (Å²) in [5.74, 6) is 0.487. The van der Waals surface area contributed by atoms with E-state index in [1.54, 1.807) is 0 Å². The van der Waals surface area contributed by atoms with E-state index < -0.39 is 0 Å². The first-order valence-electron chi connectivity index (χ1n) is 4.66. The fourth-order valence-electron chi connectivity index (χ4n) is 1.24. The minimum Gasteiger partial charge on any atom is -0.368 e. The molecule has 0 aliphatic carbocycles. The molecule has 0 spiro atoms. The van der Waals surface area contributed by atoms with Gasteiger partial charge in [-0.1, -0.05) is 26.2 Å². The number of nitrogens with two attached hydrogens (primary N) is 1. The molecule has 0 fully saturated rings. The van der Waals surface area contributed by atoms with E-state index in [-0.39, 0.29) is 0 Å². The van der Waals surface area contributed by atoms with Crippen molar-refractivity contribution in [3.63, 3.8) is 0 Å². The van der Waals surface area contributed by atoms with Gasteiger partial charge in [-0.3, -0.25) is 4.57 Å². The highest BCUT2D eigenvalue weighted by Gasteiger charge is 1.99. The van der Waals surface area contributed by atoms with Gasteiger partial charge in [-0.25, -0.2) is 5.10 Å². The Morgan fingerprint density at radius 1 is 1.46 bits per heavy atom. The summed E-state index contributed by atoms with van der Waals surface area (Å²) in [5, 5.41) is 6.51. The Labute approximate surface area is 83.1 Å². The van der Waals surface area contributed by atoms with Gasteiger partial charge in [0.15, 0.2) is 4.77 Å². The van der Waals surface area contributed by atoms with Crippen LogP contribution < -0.4 is 5.73 Å². The molecule has 0 aromatic carbocycles. The van der Waals surface area contributed by atoms with Crippen LogP contribution in [0.2, 0.25) is 0 Å². The predicted molar refractivity (Wildman–Crippen MR) is 56.0 cm³/mol. The highest BCUT2D eigenvalue weighted by atomic mass is 32.1. The highest BCUT2D eigenvalue weighted by molar-refractivity contribution is 7.71. The predicted octanol–water partition coefficient (Wildman–Crippen LogP) is 2.10. The Kier molecular flexibility index (Phi) is 3.95. The number of nitrogen functional groups attached to an aromatic ring is 1. The van der Waals surface area contributed by atoms with Gasteiger partial charge < -0.3 is 5.73 Å². The third-order valence-electron chi connectivity index (χ3n) is 2.02. The Bertz CT molecular complexity index is 301. The van der Waals surface area contributed by atoms with Gasteiger partial charge in [-0.05, 0) is 18.6 Å². The molecule has 0 amide bonds. The van der Waals surface area contributed by atoms with Crippen molar-refractivity contribution in [1.29, 1.82) is 0 Å². The Morgan fingerprint density at radius 2 is 2.23 bits per heavy atom. The molecule has 1 aromatic rings. The molecule has 3 N–H and O–H groups in total. The first kappa shape index (κ1) is 10.2. The van der Waals surface area contributed by atoms with Crippen molar-refractivity contribution in [2.24, 2.45) is 0 Å². The number of H-pyrrole nitrogens is 1. The van der Waals surface area contributed by atoms with Crippen LogP contribution in [0, 0.1) is 4.77 Å². The topological polar surface area (TPSA) is 59.6 Å². The van der Waals surface area contributed by atoms with Crippen molar-refractivity contribution >= 4 is 18.2 Å². The van der Waals surface area contributed by atoms with Crippen LogP contribution in [0.25, 0.3) is 0 Å². The fourth-order valence-corrected chi connectivity index (χ4v) is 1.47. The Balaban J connectivity index is 2.40. The largest absolute Gasteiger partial charge is 0.368 e. The van der Waals surface area contributed by atoms with Crippen LogP contribution in [0.4, 0.5) is 5.95 Å². The average molecular weight is 200 g/mol. The number of nitrogens with one attached hydrogen (secondary N) is 1. The number of anilines is 1. The number of aromatic amines is 1. The van der Waals surface area contributed by atoms with Crippen LogP contribution in [0.3, 0.4) is 0 Å². The summed E-state index contributed by atoms with van der Waals surface area (Å²) in [5.41, 5.74) is 5.61. The minimum atomic E-state index is 0.487. The maximum atomic E-state index is 5.61. The van der Waals surface area contributed by atoms with E-state index in [1.165, 1.54) is 19.3 Å². The van der Waals surface area contributed by atoms with E-state index in [1.807, 2.05) is 4.57 Å². The van der Waals surface area contributed by atoms with Crippen LogP contribution in [0.15, 0.2) is 0 Å². The van der Waals surface area contributed by atoms with Crippen LogP contribution in [0.5, 0.6) is 0 Å². The number of unbranched alkanes of at least 4 members (excludes halogenated alkanes) is 3. The molecule has 0 unspecified atom stereocenters. The monoisotopic (exact) mass is 200 g/mol. The summed E-state index contributed by atoms with van der Waals surface area (Å²) in [6.07, 6.45) is 4.85. The van der Waals surface area contributed by atoms with Gasteiger partial charge in [0, 0.05) is 6.54 Å². The van der Waals surface area contributed by atoms with Crippen LogP contribution in [-0.2, 0) is 6.54 Å². The van der Waals surface area contributed by atoms with E-state index in [0.29, 0.717) is 10.7 Å². The second kappa shape index (κ2) is 5.01. The molecule has 74 valence electrons. The van der Waals surface area contributed by atoms with Crippen molar-refractivity contribution in [1.82, 2.24) is 14.8 Å². The first-order valence-corrected chi connectivity index (χ1v) is 5.07. The zero-order valence-corrected chi connectivity index (χ0v) is 8.73. The second-order valence-electron chi connectivity index (χ2n) is 3.10. The lowest BCUT2D eigenvalue weighted by Crippen LogP contribution is -2.03. The van der Waals surface area contributed by atoms with Crippen LogP contribution >= 0.6 is 12.2 Å². The second-order valence-corrected chi connectivity index (χ2v) is 3.49. The average Bonchev–Trinajstić information content (AvgIpc) is 2.42. The minimum absolute atomic E-state index is 0.487. The third kappa shape index (κ3) is 2.84. The quantitative estimate of drug-likeness (QED) is 0.565. The van der Waals surface area contributed by atoms with Gasteiger partial charge in [0.05, 0.1) is 0 Å². The fraction of sp³-hybridized carbons (Fsp3) is 0.750. The number of rotatable bonds is 5. The number of aromatic nitrogens is 3. The molecule has 0 saturated heterocycles. The lowest BCUT2D eigenvalue weighted by atomic mass is 10.2. The molecule has 1 heterocycles.